The van der Waals surface area contributed by atoms with Gasteiger partial charge in [0.25, 0.3) is 0 Å². The van der Waals surface area contributed by atoms with Gasteiger partial charge in [-0.15, -0.1) is 0 Å². The third-order valence-corrected chi connectivity index (χ3v) is 3.31. The molecule has 0 spiro atoms. The lowest BCUT2D eigenvalue weighted by Gasteiger charge is -2.05. The van der Waals surface area contributed by atoms with E-state index in [0.717, 1.165) is 23.0 Å². The summed E-state index contributed by atoms with van der Waals surface area (Å²) in [5.41, 5.74) is 3.68. The van der Waals surface area contributed by atoms with Crippen LogP contribution in [-0.4, -0.2) is 4.57 Å². The van der Waals surface area contributed by atoms with Crippen molar-refractivity contribution in [2.24, 2.45) is 0 Å². The number of halogens is 3. The number of nitrogens with zero attached hydrogens (tertiary/aromatic N) is 1. The fourth-order valence-corrected chi connectivity index (χ4v) is 2.27. The van der Waals surface area contributed by atoms with Crippen LogP contribution in [0.5, 0.6) is 0 Å². The van der Waals surface area contributed by atoms with Crippen LogP contribution in [0.2, 0.25) is 10.0 Å². The monoisotopic (exact) mass is 273 g/mol. The second-order valence-electron chi connectivity index (χ2n) is 3.72. The molecule has 4 heteroatoms. The normalized spacial score (nSPS) is 12.4. The zero-order valence-corrected chi connectivity index (χ0v) is 10.9. The second-order valence-corrected chi connectivity index (χ2v) is 4.78. The highest BCUT2D eigenvalue weighted by Gasteiger charge is 2.06. The number of benzene rings is 1. The SMILES string of the molecule is C/C(=C/Cl)Cn1ccc2c(Cl)cc(Cl)cc21. The summed E-state index contributed by atoms with van der Waals surface area (Å²) >= 11 is 17.7. The average Bonchev–Trinajstić information content (AvgIpc) is 2.61. The minimum absolute atomic E-state index is 0.643. The van der Waals surface area contributed by atoms with Gasteiger partial charge < -0.3 is 4.57 Å². The zero-order chi connectivity index (χ0) is 11.7. The van der Waals surface area contributed by atoms with Crippen molar-refractivity contribution in [2.45, 2.75) is 13.5 Å². The number of hydrogen-bond acceptors (Lipinski definition) is 0. The van der Waals surface area contributed by atoms with Gasteiger partial charge in [0.2, 0.25) is 0 Å². The molecule has 0 atom stereocenters. The molecule has 0 saturated carbocycles. The van der Waals surface area contributed by atoms with Crippen molar-refractivity contribution >= 4 is 45.7 Å². The van der Waals surface area contributed by atoms with E-state index in [4.69, 9.17) is 34.8 Å². The summed E-state index contributed by atoms with van der Waals surface area (Å²) in [6, 6.07) is 5.64. The highest BCUT2D eigenvalue weighted by Crippen LogP contribution is 2.29. The summed E-state index contributed by atoms with van der Waals surface area (Å²) in [5.74, 6) is 0. The van der Waals surface area contributed by atoms with E-state index in [1.54, 1.807) is 11.6 Å². The molecule has 0 saturated heterocycles. The van der Waals surface area contributed by atoms with Crippen LogP contribution in [0.15, 0.2) is 35.5 Å². The topological polar surface area (TPSA) is 4.93 Å². The molecule has 1 aromatic heterocycles. The quantitative estimate of drug-likeness (QED) is 0.719. The Labute approximate surface area is 109 Å². The molecule has 0 aliphatic rings. The Bertz CT molecular complexity index is 555. The number of allylic oxidation sites excluding steroid dienone is 1. The molecule has 2 rings (SSSR count). The first-order chi connectivity index (χ1) is 7.61. The van der Waals surface area contributed by atoms with Crippen LogP contribution < -0.4 is 0 Å². The van der Waals surface area contributed by atoms with Crippen LogP contribution in [-0.2, 0) is 6.54 Å². The summed E-state index contributed by atoms with van der Waals surface area (Å²) in [6.45, 7) is 2.72. The van der Waals surface area contributed by atoms with Gasteiger partial charge in [0, 0.05) is 28.7 Å². The molecule has 0 amide bonds. The van der Waals surface area contributed by atoms with Gasteiger partial charge in [-0.05, 0) is 30.7 Å². The van der Waals surface area contributed by atoms with Crippen LogP contribution in [0.25, 0.3) is 10.9 Å². The van der Waals surface area contributed by atoms with E-state index in [2.05, 4.69) is 4.57 Å². The summed E-state index contributed by atoms with van der Waals surface area (Å²) < 4.78 is 2.07. The van der Waals surface area contributed by atoms with Gasteiger partial charge in [-0.25, -0.2) is 0 Å². The Morgan fingerprint density at radius 2 is 2.12 bits per heavy atom. The highest BCUT2D eigenvalue weighted by atomic mass is 35.5. The molecule has 1 aromatic carbocycles. The van der Waals surface area contributed by atoms with Gasteiger partial charge >= 0.3 is 0 Å². The lowest BCUT2D eigenvalue weighted by molar-refractivity contribution is 0.821. The third-order valence-electron chi connectivity index (χ3n) is 2.41. The van der Waals surface area contributed by atoms with E-state index >= 15 is 0 Å². The van der Waals surface area contributed by atoms with Gasteiger partial charge in [-0.1, -0.05) is 34.8 Å². The third kappa shape index (κ3) is 2.22. The van der Waals surface area contributed by atoms with Gasteiger partial charge in [0.1, 0.15) is 0 Å². The maximum absolute atomic E-state index is 6.11. The molecule has 84 valence electrons. The fourth-order valence-electron chi connectivity index (χ4n) is 1.66. The summed E-state index contributed by atoms with van der Waals surface area (Å²) in [4.78, 5) is 0. The highest BCUT2D eigenvalue weighted by molar-refractivity contribution is 6.38. The maximum atomic E-state index is 6.11. The molecule has 16 heavy (non-hydrogen) atoms. The van der Waals surface area contributed by atoms with Gasteiger partial charge in [0.15, 0.2) is 0 Å². The van der Waals surface area contributed by atoms with Crippen molar-refractivity contribution in [3.63, 3.8) is 0 Å². The number of rotatable bonds is 2. The summed E-state index contributed by atoms with van der Waals surface area (Å²) in [7, 11) is 0. The van der Waals surface area contributed by atoms with Crippen molar-refractivity contribution in [1.82, 2.24) is 4.57 Å². The standard InChI is InChI=1S/C12H10Cl3N/c1-8(6-13)7-16-3-2-10-11(15)4-9(14)5-12(10)16/h2-6H,7H2,1H3/b8-6-. The number of fused-ring (bicyclic) bond motifs is 1. The fraction of sp³-hybridized carbons (Fsp3) is 0.167. The molecule has 0 aliphatic heterocycles. The lowest BCUT2D eigenvalue weighted by Crippen LogP contribution is -1.96. The number of aromatic nitrogens is 1. The van der Waals surface area contributed by atoms with Crippen LogP contribution in [0, 0.1) is 0 Å². The predicted molar refractivity (Wildman–Crippen MR) is 71.6 cm³/mol. The van der Waals surface area contributed by atoms with E-state index < -0.39 is 0 Å². The van der Waals surface area contributed by atoms with Crippen molar-refractivity contribution < 1.29 is 0 Å². The molecule has 0 aliphatic carbocycles. The van der Waals surface area contributed by atoms with Gasteiger partial charge in [0.05, 0.1) is 10.5 Å². The smallest absolute Gasteiger partial charge is 0.0514 e. The van der Waals surface area contributed by atoms with Crippen molar-refractivity contribution in [2.75, 3.05) is 0 Å². The second kappa shape index (κ2) is 4.70. The molecule has 0 unspecified atom stereocenters. The Morgan fingerprint density at radius 3 is 2.81 bits per heavy atom. The van der Waals surface area contributed by atoms with Crippen LogP contribution in [0.1, 0.15) is 6.92 Å². The minimum Gasteiger partial charge on any atom is -0.343 e. The Morgan fingerprint density at radius 1 is 1.38 bits per heavy atom. The zero-order valence-electron chi connectivity index (χ0n) is 8.67. The Kier molecular flexibility index (Phi) is 3.48. The molecule has 1 nitrogen and oxygen atoms in total. The van der Waals surface area contributed by atoms with E-state index in [1.165, 1.54) is 0 Å². The van der Waals surface area contributed by atoms with E-state index in [1.807, 2.05) is 25.3 Å². The van der Waals surface area contributed by atoms with Crippen molar-refractivity contribution in [3.8, 4) is 0 Å². The molecular weight excluding hydrogens is 264 g/mol. The van der Waals surface area contributed by atoms with Gasteiger partial charge in [-0.3, -0.25) is 0 Å². The van der Waals surface area contributed by atoms with E-state index in [-0.39, 0.29) is 0 Å². The van der Waals surface area contributed by atoms with Crippen molar-refractivity contribution in [3.05, 3.63) is 45.5 Å². The largest absolute Gasteiger partial charge is 0.343 e. The minimum atomic E-state index is 0.643. The van der Waals surface area contributed by atoms with Crippen LogP contribution >= 0.6 is 34.8 Å². The molecule has 0 N–H and O–H groups in total. The Hall–Kier alpha value is -0.630. The Balaban J connectivity index is 2.56. The molecular formula is C12H10Cl3N. The van der Waals surface area contributed by atoms with E-state index in [9.17, 15) is 0 Å². The van der Waals surface area contributed by atoms with E-state index in [0.29, 0.717) is 10.0 Å². The van der Waals surface area contributed by atoms with Gasteiger partial charge in [-0.2, -0.15) is 0 Å². The average molecular weight is 275 g/mol. The molecule has 0 bridgehead atoms. The summed E-state index contributed by atoms with van der Waals surface area (Å²) in [5, 5.41) is 2.33. The molecule has 2 aromatic rings. The summed E-state index contributed by atoms with van der Waals surface area (Å²) in [6.07, 6.45) is 1.98. The molecule has 0 radical (unpaired) electrons. The predicted octanol–water partition coefficient (Wildman–Crippen LogP) is 5.09. The first-order valence-electron chi connectivity index (χ1n) is 4.81. The number of hydrogen-bond donors (Lipinski definition) is 0. The first-order valence-corrected chi connectivity index (χ1v) is 6.01. The first kappa shape index (κ1) is 11.8. The van der Waals surface area contributed by atoms with Crippen LogP contribution in [0.3, 0.4) is 0 Å². The maximum Gasteiger partial charge on any atom is 0.0514 e. The van der Waals surface area contributed by atoms with Crippen LogP contribution in [0.4, 0.5) is 0 Å². The molecule has 0 fully saturated rings. The van der Waals surface area contributed by atoms with Crippen molar-refractivity contribution in [1.29, 1.82) is 0 Å². The molecule has 1 heterocycles. The lowest BCUT2D eigenvalue weighted by atomic mass is 10.2.